The molecule has 0 aliphatic carbocycles. The summed E-state index contributed by atoms with van der Waals surface area (Å²) in [6, 6.07) is 3.93. The topological polar surface area (TPSA) is 102 Å². The lowest BCUT2D eigenvalue weighted by atomic mass is 9.91. The Morgan fingerprint density at radius 2 is 1.74 bits per heavy atom. The zero-order chi connectivity index (χ0) is 19.4. The Labute approximate surface area is 159 Å². The molecule has 7 nitrogen and oxygen atoms in total. The Morgan fingerprint density at radius 1 is 1.15 bits per heavy atom. The third-order valence-corrected chi connectivity index (χ3v) is 6.85. The summed E-state index contributed by atoms with van der Waals surface area (Å²) in [4.78, 5) is 14.4. The van der Waals surface area contributed by atoms with Crippen LogP contribution < -0.4 is 10.5 Å². The van der Waals surface area contributed by atoms with Crippen molar-refractivity contribution in [2.24, 2.45) is 11.7 Å². The van der Waals surface area contributed by atoms with Crippen LogP contribution in [0.2, 0.25) is 0 Å². The molecule has 0 bridgehead atoms. The van der Waals surface area contributed by atoms with Gasteiger partial charge in [-0.15, -0.1) is 0 Å². The molecule has 2 aliphatic heterocycles. The van der Waals surface area contributed by atoms with Crippen LogP contribution in [-0.2, 0) is 19.6 Å². The van der Waals surface area contributed by atoms with Gasteiger partial charge < -0.3 is 15.4 Å². The quantitative estimate of drug-likeness (QED) is 0.764. The largest absolute Gasteiger partial charge is 0.381 e. The number of carbonyl (C=O) groups is 1. The van der Waals surface area contributed by atoms with Gasteiger partial charge >= 0.3 is 0 Å². The molecule has 2 heterocycles. The molecule has 1 aromatic carbocycles. The fraction of sp³-hybridized carbons (Fsp3) is 0.611. The highest BCUT2D eigenvalue weighted by molar-refractivity contribution is 7.89. The molecule has 2 saturated heterocycles. The lowest BCUT2D eigenvalue weighted by molar-refractivity contribution is -0.135. The van der Waals surface area contributed by atoms with E-state index in [1.54, 1.807) is 4.90 Å². The van der Waals surface area contributed by atoms with Crippen molar-refractivity contribution in [2.45, 2.75) is 42.7 Å². The zero-order valence-electron chi connectivity index (χ0n) is 15.1. The monoisotopic (exact) mass is 399 g/mol. The Balaban J connectivity index is 1.52. The van der Waals surface area contributed by atoms with E-state index in [1.165, 1.54) is 12.1 Å². The third-order valence-electron chi connectivity index (χ3n) is 5.31. The van der Waals surface area contributed by atoms with Crippen molar-refractivity contribution in [1.29, 1.82) is 0 Å². The highest BCUT2D eigenvalue weighted by Gasteiger charge is 2.32. The minimum Gasteiger partial charge on any atom is -0.381 e. The van der Waals surface area contributed by atoms with Gasteiger partial charge in [0.2, 0.25) is 15.9 Å². The van der Waals surface area contributed by atoms with E-state index in [9.17, 15) is 17.6 Å². The van der Waals surface area contributed by atoms with E-state index in [0.29, 0.717) is 39.1 Å². The number of nitrogens with zero attached hydrogens (tertiary/aromatic N) is 1. The summed E-state index contributed by atoms with van der Waals surface area (Å²) in [6.07, 6.45) is 2.63. The second-order valence-electron chi connectivity index (χ2n) is 7.15. The van der Waals surface area contributed by atoms with E-state index in [0.717, 1.165) is 25.0 Å². The number of rotatable bonds is 5. The van der Waals surface area contributed by atoms with E-state index < -0.39 is 21.9 Å². The van der Waals surface area contributed by atoms with Gasteiger partial charge in [0.15, 0.2) is 0 Å². The number of amides is 1. The van der Waals surface area contributed by atoms with Gasteiger partial charge in [-0.25, -0.2) is 17.5 Å². The maximum atomic E-state index is 13.0. The van der Waals surface area contributed by atoms with E-state index in [1.807, 2.05) is 0 Å². The van der Waals surface area contributed by atoms with Crippen LogP contribution in [0.3, 0.4) is 0 Å². The number of likely N-dealkylation sites (tertiary alicyclic amines) is 1. The van der Waals surface area contributed by atoms with Gasteiger partial charge in [0.05, 0.1) is 10.9 Å². The van der Waals surface area contributed by atoms with E-state index in [-0.39, 0.29) is 22.8 Å². The van der Waals surface area contributed by atoms with Crippen LogP contribution in [0.5, 0.6) is 0 Å². The maximum absolute atomic E-state index is 13.0. The molecule has 0 spiro atoms. The molecule has 1 atom stereocenters. The van der Waals surface area contributed by atoms with Crippen molar-refractivity contribution in [1.82, 2.24) is 9.62 Å². The van der Waals surface area contributed by atoms with Gasteiger partial charge in [0.1, 0.15) is 5.82 Å². The van der Waals surface area contributed by atoms with Crippen LogP contribution >= 0.6 is 0 Å². The predicted molar refractivity (Wildman–Crippen MR) is 97.8 cm³/mol. The molecule has 3 rings (SSSR count). The number of nitrogens with one attached hydrogen (secondary N) is 1. The van der Waals surface area contributed by atoms with Gasteiger partial charge in [0, 0.05) is 32.3 Å². The second-order valence-corrected chi connectivity index (χ2v) is 8.86. The van der Waals surface area contributed by atoms with E-state index in [2.05, 4.69) is 4.72 Å². The first kappa shape index (κ1) is 20.2. The Morgan fingerprint density at radius 3 is 2.33 bits per heavy atom. The number of carbonyl (C=O) groups excluding carboxylic acids is 1. The van der Waals surface area contributed by atoms with Crippen molar-refractivity contribution < 1.29 is 22.3 Å². The van der Waals surface area contributed by atoms with Crippen molar-refractivity contribution in [2.75, 3.05) is 26.3 Å². The fourth-order valence-corrected chi connectivity index (χ4v) is 4.91. The third kappa shape index (κ3) is 5.04. The molecule has 3 N–H and O–H groups in total. The number of halogens is 1. The van der Waals surface area contributed by atoms with Crippen LogP contribution in [0.15, 0.2) is 29.2 Å². The molecule has 150 valence electrons. The molecule has 9 heteroatoms. The van der Waals surface area contributed by atoms with E-state index >= 15 is 0 Å². The van der Waals surface area contributed by atoms with Crippen LogP contribution in [0.4, 0.5) is 4.39 Å². The SMILES string of the molecule is NC(C(=O)N1CCC(NS(=O)(=O)c2ccc(F)cc2)CC1)C1CCOCC1. The van der Waals surface area contributed by atoms with Gasteiger partial charge in [-0.05, 0) is 55.9 Å². The normalized spacial score (nSPS) is 21.2. The van der Waals surface area contributed by atoms with E-state index in [4.69, 9.17) is 10.5 Å². The average molecular weight is 399 g/mol. The lowest BCUT2D eigenvalue weighted by Gasteiger charge is -2.36. The summed E-state index contributed by atoms with van der Waals surface area (Å²) >= 11 is 0. The van der Waals surface area contributed by atoms with Crippen LogP contribution in [0.1, 0.15) is 25.7 Å². The molecule has 1 aromatic rings. The summed E-state index contributed by atoms with van der Waals surface area (Å²) in [7, 11) is -3.71. The Hall–Kier alpha value is -1.55. The maximum Gasteiger partial charge on any atom is 0.240 e. The van der Waals surface area contributed by atoms with Crippen molar-refractivity contribution in [3.8, 4) is 0 Å². The molecular weight excluding hydrogens is 373 g/mol. The van der Waals surface area contributed by atoms with Gasteiger partial charge in [0.25, 0.3) is 0 Å². The summed E-state index contributed by atoms with van der Waals surface area (Å²) in [6.45, 7) is 2.20. The minimum absolute atomic E-state index is 0.0314. The molecule has 0 saturated carbocycles. The average Bonchev–Trinajstić information content (AvgIpc) is 2.68. The van der Waals surface area contributed by atoms with Crippen molar-refractivity contribution in [3.63, 3.8) is 0 Å². The number of benzene rings is 1. The molecule has 27 heavy (non-hydrogen) atoms. The fourth-order valence-electron chi connectivity index (χ4n) is 3.61. The Kier molecular flexibility index (Phi) is 6.46. The van der Waals surface area contributed by atoms with Gasteiger partial charge in [-0.2, -0.15) is 0 Å². The first-order valence-electron chi connectivity index (χ1n) is 9.27. The number of piperidine rings is 1. The summed E-state index contributed by atoms with van der Waals surface area (Å²) in [5.41, 5.74) is 6.16. The van der Waals surface area contributed by atoms with Crippen LogP contribution in [0, 0.1) is 11.7 Å². The number of sulfonamides is 1. The number of ether oxygens (including phenoxy) is 1. The second kappa shape index (κ2) is 8.64. The first-order valence-corrected chi connectivity index (χ1v) is 10.7. The molecule has 1 amide bonds. The highest BCUT2D eigenvalue weighted by atomic mass is 32.2. The zero-order valence-corrected chi connectivity index (χ0v) is 16.0. The number of hydrogen-bond acceptors (Lipinski definition) is 5. The molecule has 0 radical (unpaired) electrons. The van der Waals surface area contributed by atoms with Crippen molar-refractivity contribution >= 4 is 15.9 Å². The molecular formula is C18H26FN3O4S. The number of nitrogens with two attached hydrogens (primary N) is 1. The van der Waals surface area contributed by atoms with Gasteiger partial charge in [-0.3, -0.25) is 4.79 Å². The van der Waals surface area contributed by atoms with Crippen LogP contribution in [-0.4, -0.2) is 57.6 Å². The van der Waals surface area contributed by atoms with Crippen molar-refractivity contribution in [3.05, 3.63) is 30.1 Å². The number of hydrogen-bond donors (Lipinski definition) is 2. The summed E-state index contributed by atoms with van der Waals surface area (Å²) in [5, 5.41) is 0. The molecule has 2 aliphatic rings. The standard InChI is InChI=1S/C18H26FN3O4S/c19-14-1-3-16(4-2-14)27(24,25)21-15-5-9-22(10-6-15)18(23)17(20)13-7-11-26-12-8-13/h1-4,13,15,17,21H,5-12,20H2. The summed E-state index contributed by atoms with van der Waals surface area (Å²) in [5.74, 6) is -0.413. The molecule has 2 fully saturated rings. The highest BCUT2D eigenvalue weighted by Crippen LogP contribution is 2.21. The minimum atomic E-state index is -3.71. The predicted octanol–water partition coefficient (Wildman–Crippen LogP) is 0.849. The molecule has 1 unspecified atom stereocenters. The first-order chi connectivity index (χ1) is 12.9. The van der Waals surface area contributed by atoms with Gasteiger partial charge in [-0.1, -0.05) is 0 Å². The summed E-state index contributed by atoms with van der Waals surface area (Å²) < 4.78 is 45.7. The lowest BCUT2D eigenvalue weighted by Crippen LogP contribution is -2.53. The Bertz CT molecular complexity index is 742. The molecule has 0 aromatic heterocycles. The van der Waals surface area contributed by atoms with Crippen LogP contribution in [0.25, 0.3) is 0 Å². The smallest absolute Gasteiger partial charge is 0.240 e.